The van der Waals surface area contributed by atoms with E-state index in [1.54, 1.807) is 0 Å². The molecule has 0 aromatic rings. The third-order valence-corrected chi connectivity index (χ3v) is 3.56. The smallest absolute Gasteiger partial charge is 0.303 e. The number of fused-ring (bicyclic) bond motifs is 3. The van der Waals surface area contributed by atoms with Crippen LogP contribution in [-0.2, 0) is 4.79 Å². The lowest BCUT2D eigenvalue weighted by Gasteiger charge is -2.37. The molecule has 3 N–H and O–H groups in total. The van der Waals surface area contributed by atoms with Gasteiger partial charge in [-0.3, -0.25) is 10.2 Å². The summed E-state index contributed by atoms with van der Waals surface area (Å²) in [6.45, 7) is 2.15. The van der Waals surface area contributed by atoms with E-state index in [1.807, 2.05) is 17.3 Å². The van der Waals surface area contributed by atoms with E-state index in [0.29, 0.717) is 18.5 Å². The van der Waals surface area contributed by atoms with Crippen LogP contribution in [0.2, 0.25) is 0 Å². The Morgan fingerprint density at radius 3 is 3.22 bits per heavy atom. The van der Waals surface area contributed by atoms with Crippen LogP contribution in [0.25, 0.3) is 0 Å². The number of aliphatic carboxylic acids is 1. The summed E-state index contributed by atoms with van der Waals surface area (Å²) in [6, 6.07) is 0.778. The van der Waals surface area contributed by atoms with Crippen LogP contribution in [-0.4, -0.2) is 45.1 Å². The molecule has 3 atom stereocenters. The van der Waals surface area contributed by atoms with Gasteiger partial charge in [0.1, 0.15) is 12.0 Å². The molecule has 0 aromatic heterocycles. The number of hydrogen-bond donors (Lipinski definition) is 3. The fourth-order valence-corrected chi connectivity index (χ4v) is 2.73. The maximum atomic E-state index is 10.6. The maximum absolute atomic E-state index is 10.6. The largest absolute Gasteiger partial charge is 0.481 e. The van der Waals surface area contributed by atoms with E-state index in [4.69, 9.17) is 5.11 Å². The van der Waals surface area contributed by atoms with Crippen molar-refractivity contribution in [2.24, 2.45) is 5.10 Å². The van der Waals surface area contributed by atoms with Crippen LogP contribution in [0, 0.1) is 0 Å². The van der Waals surface area contributed by atoms with E-state index in [-0.39, 0.29) is 12.6 Å². The van der Waals surface area contributed by atoms with Gasteiger partial charge >= 0.3 is 5.97 Å². The molecule has 98 valence electrons. The predicted molar refractivity (Wildman–Crippen MR) is 65.0 cm³/mol. The third kappa shape index (κ3) is 1.80. The van der Waals surface area contributed by atoms with Crippen molar-refractivity contribution in [3.63, 3.8) is 0 Å². The lowest BCUT2D eigenvalue weighted by Crippen LogP contribution is -2.54. The lowest BCUT2D eigenvalue weighted by molar-refractivity contribution is -0.136. The van der Waals surface area contributed by atoms with Gasteiger partial charge in [0, 0.05) is 24.9 Å². The fourth-order valence-electron chi connectivity index (χ4n) is 2.73. The number of carboxylic acid groups (broad SMARTS) is 1. The zero-order valence-electron chi connectivity index (χ0n) is 10.2. The van der Waals surface area contributed by atoms with E-state index in [1.165, 1.54) is 0 Å². The summed E-state index contributed by atoms with van der Waals surface area (Å²) >= 11 is 0. The maximum Gasteiger partial charge on any atom is 0.303 e. The molecule has 0 radical (unpaired) electrons. The van der Waals surface area contributed by atoms with Gasteiger partial charge in [-0.1, -0.05) is 0 Å². The minimum atomic E-state index is -0.792. The van der Waals surface area contributed by atoms with Gasteiger partial charge in [-0.2, -0.15) is 5.10 Å². The quantitative estimate of drug-likeness (QED) is 0.647. The highest BCUT2D eigenvalue weighted by Crippen LogP contribution is 2.27. The van der Waals surface area contributed by atoms with Gasteiger partial charge in [0.2, 0.25) is 0 Å². The van der Waals surface area contributed by atoms with Crippen molar-refractivity contribution in [1.82, 2.24) is 20.8 Å². The summed E-state index contributed by atoms with van der Waals surface area (Å²) < 4.78 is 0. The molecular weight excluding hydrogens is 234 g/mol. The first-order chi connectivity index (χ1) is 8.65. The number of carboxylic acids is 1. The molecule has 1 saturated heterocycles. The van der Waals surface area contributed by atoms with Crippen LogP contribution in [0.1, 0.15) is 26.2 Å². The highest BCUT2D eigenvalue weighted by Gasteiger charge is 2.42. The van der Waals surface area contributed by atoms with Crippen LogP contribution in [0.15, 0.2) is 17.5 Å². The van der Waals surface area contributed by atoms with E-state index >= 15 is 0 Å². The molecule has 7 heteroatoms. The summed E-state index contributed by atoms with van der Waals surface area (Å²) in [5.74, 6) is 0.0118. The number of hydrazine groups is 1. The van der Waals surface area contributed by atoms with E-state index < -0.39 is 5.97 Å². The molecule has 18 heavy (non-hydrogen) atoms. The molecule has 7 nitrogen and oxygen atoms in total. The van der Waals surface area contributed by atoms with Crippen molar-refractivity contribution in [3.8, 4) is 0 Å². The Morgan fingerprint density at radius 2 is 2.44 bits per heavy atom. The van der Waals surface area contributed by atoms with Crippen molar-refractivity contribution in [1.29, 1.82) is 0 Å². The van der Waals surface area contributed by atoms with Crippen LogP contribution in [0.4, 0.5) is 0 Å². The van der Waals surface area contributed by atoms with Crippen molar-refractivity contribution in [2.75, 3.05) is 0 Å². The standard InChI is InChI=1S/C11H17N5O2/c1-7-6-8-11-13-12-9(2-3-10(17)18)15(11)4-5-16(8)14-7/h4-5,7-8,11,13-14H,2-3,6H2,1H3,(H,17,18). The first kappa shape index (κ1) is 11.3. The lowest BCUT2D eigenvalue weighted by atomic mass is 10.1. The van der Waals surface area contributed by atoms with Crippen LogP contribution in [0.3, 0.4) is 0 Å². The monoisotopic (exact) mass is 251 g/mol. The van der Waals surface area contributed by atoms with E-state index in [0.717, 1.165) is 12.3 Å². The molecule has 0 amide bonds. The van der Waals surface area contributed by atoms with Crippen LogP contribution in [0.5, 0.6) is 0 Å². The molecule has 3 heterocycles. The van der Waals surface area contributed by atoms with Gasteiger partial charge in [0.25, 0.3) is 0 Å². The first-order valence-electron chi connectivity index (χ1n) is 6.20. The fraction of sp³-hybridized carbons (Fsp3) is 0.636. The average Bonchev–Trinajstić information content (AvgIpc) is 2.87. The summed E-state index contributed by atoms with van der Waals surface area (Å²) in [4.78, 5) is 12.7. The van der Waals surface area contributed by atoms with E-state index in [9.17, 15) is 4.79 Å². The molecule has 0 aliphatic carbocycles. The number of nitrogens with zero attached hydrogens (tertiary/aromatic N) is 3. The van der Waals surface area contributed by atoms with Gasteiger partial charge < -0.3 is 15.0 Å². The third-order valence-electron chi connectivity index (χ3n) is 3.56. The van der Waals surface area contributed by atoms with Crippen molar-refractivity contribution >= 4 is 11.8 Å². The topological polar surface area (TPSA) is 80.2 Å². The summed E-state index contributed by atoms with van der Waals surface area (Å²) in [7, 11) is 0. The number of rotatable bonds is 3. The SMILES string of the molecule is CC1CC2C3NN=C(CCC(=O)O)N3C=CN2N1. The van der Waals surface area contributed by atoms with Gasteiger partial charge in [0.05, 0.1) is 12.5 Å². The van der Waals surface area contributed by atoms with Gasteiger partial charge in [-0.05, 0) is 13.3 Å². The zero-order valence-corrected chi connectivity index (χ0v) is 10.2. The Kier molecular flexibility index (Phi) is 2.62. The zero-order chi connectivity index (χ0) is 12.7. The normalized spacial score (nSPS) is 32.9. The number of amidine groups is 1. The van der Waals surface area contributed by atoms with Gasteiger partial charge in [-0.15, -0.1) is 0 Å². The average molecular weight is 251 g/mol. The molecule has 0 spiro atoms. The Bertz CT molecular complexity index is 422. The van der Waals surface area contributed by atoms with Crippen LogP contribution < -0.4 is 10.9 Å². The molecule has 3 aliphatic heterocycles. The second kappa shape index (κ2) is 4.16. The highest BCUT2D eigenvalue weighted by molar-refractivity contribution is 5.87. The summed E-state index contributed by atoms with van der Waals surface area (Å²) in [5, 5.41) is 15.1. The highest BCUT2D eigenvalue weighted by atomic mass is 16.4. The predicted octanol–water partition coefficient (Wildman–Crippen LogP) is -0.152. The van der Waals surface area contributed by atoms with E-state index in [2.05, 4.69) is 27.9 Å². The molecule has 0 saturated carbocycles. The molecule has 0 aromatic carbocycles. The minimum absolute atomic E-state index is 0.108. The van der Waals surface area contributed by atoms with Crippen molar-refractivity contribution in [2.45, 2.75) is 44.4 Å². The summed E-state index contributed by atoms with van der Waals surface area (Å²) in [6.07, 6.45) is 5.66. The second-order valence-corrected chi connectivity index (χ2v) is 4.94. The Morgan fingerprint density at radius 1 is 1.61 bits per heavy atom. The molecular formula is C11H17N5O2. The molecule has 3 aliphatic rings. The Balaban J connectivity index is 1.70. The summed E-state index contributed by atoms with van der Waals surface area (Å²) in [5.41, 5.74) is 6.48. The van der Waals surface area contributed by atoms with Gasteiger partial charge in [-0.25, -0.2) is 5.43 Å². The number of carbonyl (C=O) groups is 1. The molecule has 1 fully saturated rings. The second-order valence-electron chi connectivity index (χ2n) is 4.94. The minimum Gasteiger partial charge on any atom is -0.481 e. The van der Waals surface area contributed by atoms with Crippen molar-refractivity contribution < 1.29 is 9.90 Å². The molecule has 3 unspecified atom stereocenters. The van der Waals surface area contributed by atoms with Gasteiger partial charge in [0.15, 0.2) is 0 Å². The van der Waals surface area contributed by atoms with Crippen LogP contribution >= 0.6 is 0 Å². The number of nitrogens with one attached hydrogen (secondary N) is 2. The Hall–Kier alpha value is -1.76. The molecule has 0 bridgehead atoms. The first-order valence-corrected chi connectivity index (χ1v) is 6.20. The Labute approximate surface area is 105 Å². The number of hydrazone groups is 1. The number of hydrogen-bond acceptors (Lipinski definition) is 6. The molecule has 3 rings (SSSR count). The van der Waals surface area contributed by atoms with Crippen molar-refractivity contribution in [3.05, 3.63) is 12.4 Å².